The van der Waals surface area contributed by atoms with E-state index in [0.717, 1.165) is 0 Å². The van der Waals surface area contributed by atoms with Crippen molar-refractivity contribution in [1.29, 1.82) is 0 Å². The number of aliphatic hydroxyl groups excluding tert-OH is 1. The summed E-state index contributed by atoms with van der Waals surface area (Å²) in [5.74, 6) is 0.489. The van der Waals surface area contributed by atoms with Crippen LogP contribution in [0.25, 0.3) is 0 Å². The van der Waals surface area contributed by atoms with Gasteiger partial charge in [-0.15, -0.1) is 0 Å². The van der Waals surface area contributed by atoms with Crippen molar-refractivity contribution in [2.24, 2.45) is 17.6 Å². The molecule has 5 nitrogen and oxygen atoms in total. The van der Waals surface area contributed by atoms with E-state index in [1.165, 1.54) is 0 Å². The third-order valence-electron chi connectivity index (χ3n) is 2.32. The van der Waals surface area contributed by atoms with E-state index >= 15 is 0 Å². The highest BCUT2D eigenvalue weighted by molar-refractivity contribution is 6.61. The predicted molar refractivity (Wildman–Crippen MR) is 58.1 cm³/mol. The molecule has 0 aromatic rings. The van der Waals surface area contributed by atoms with Gasteiger partial charge in [0.1, 0.15) is 0 Å². The second kappa shape index (κ2) is 5.93. The van der Waals surface area contributed by atoms with Crippen molar-refractivity contribution in [3.05, 3.63) is 0 Å². The molecule has 1 heterocycles. The van der Waals surface area contributed by atoms with Gasteiger partial charge in [-0.2, -0.15) is 0 Å². The van der Waals surface area contributed by atoms with Crippen molar-refractivity contribution in [3.63, 3.8) is 0 Å². The average molecular weight is 235 g/mol. The van der Waals surface area contributed by atoms with Gasteiger partial charge in [-0.3, -0.25) is 0 Å². The minimum atomic E-state index is -2.61. The van der Waals surface area contributed by atoms with Gasteiger partial charge in [-0.05, 0) is 0 Å². The minimum Gasteiger partial charge on any atom is -0.396 e. The van der Waals surface area contributed by atoms with Crippen LogP contribution in [0.1, 0.15) is 13.8 Å². The van der Waals surface area contributed by atoms with Gasteiger partial charge < -0.3 is 24.1 Å². The Morgan fingerprint density at radius 1 is 1.53 bits per heavy atom. The molecule has 90 valence electrons. The van der Waals surface area contributed by atoms with Crippen LogP contribution in [0.4, 0.5) is 0 Å². The van der Waals surface area contributed by atoms with Gasteiger partial charge in [0, 0.05) is 38.3 Å². The third-order valence-corrected chi connectivity index (χ3v) is 4.64. The van der Waals surface area contributed by atoms with Crippen molar-refractivity contribution in [2.45, 2.75) is 13.8 Å². The van der Waals surface area contributed by atoms with Crippen LogP contribution in [0.2, 0.25) is 0 Å². The number of aliphatic hydroxyl groups is 1. The molecule has 1 unspecified atom stereocenters. The third kappa shape index (κ3) is 3.82. The first-order chi connectivity index (χ1) is 7.12. The van der Waals surface area contributed by atoms with E-state index in [-0.39, 0.29) is 12.5 Å². The van der Waals surface area contributed by atoms with Crippen molar-refractivity contribution >= 4 is 8.80 Å². The van der Waals surface area contributed by atoms with Crippen molar-refractivity contribution in [3.8, 4) is 0 Å². The Balaban J connectivity index is 2.39. The fourth-order valence-electron chi connectivity index (χ4n) is 1.21. The molecule has 0 saturated carbocycles. The summed E-state index contributed by atoms with van der Waals surface area (Å²) in [5, 5.41) is 8.89. The van der Waals surface area contributed by atoms with Gasteiger partial charge in [0.15, 0.2) is 0 Å². The molecular weight excluding hydrogens is 214 g/mol. The molecule has 1 fully saturated rings. The molecular formula is C9H21NO4Si. The first kappa shape index (κ1) is 13.1. The molecule has 0 aromatic heterocycles. The van der Waals surface area contributed by atoms with Crippen LogP contribution in [-0.4, -0.2) is 46.5 Å². The largest absolute Gasteiger partial charge is 0.515 e. The van der Waals surface area contributed by atoms with Crippen LogP contribution >= 0.6 is 0 Å². The highest BCUT2D eigenvalue weighted by Crippen LogP contribution is 2.18. The monoisotopic (exact) mass is 235 g/mol. The lowest BCUT2D eigenvalue weighted by Crippen LogP contribution is -2.57. The molecule has 0 amide bonds. The molecule has 3 N–H and O–H groups in total. The standard InChI is InChI=1S/C9H21NO4Si/c1-8(3-11)4-12-15(7-10)13-5-9(2)6-14-15/h8-9,11H,3-7,10H2,1-2H3. The molecule has 1 saturated heterocycles. The molecule has 1 aliphatic heterocycles. The van der Waals surface area contributed by atoms with Gasteiger partial charge in [-0.1, -0.05) is 13.8 Å². The van der Waals surface area contributed by atoms with Crippen LogP contribution in [0.3, 0.4) is 0 Å². The van der Waals surface area contributed by atoms with Crippen LogP contribution in [0.15, 0.2) is 0 Å². The lowest BCUT2D eigenvalue weighted by Gasteiger charge is -2.35. The van der Waals surface area contributed by atoms with Gasteiger partial charge in [0.05, 0.1) is 6.17 Å². The fraction of sp³-hybridized carbons (Fsp3) is 1.00. The predicted octanol–water partition coefficient (Wildman–Crippen LogP) is -0.249. The summed E-state index contributed by atoms with van der Waals surface area (Å²) in [6, 6.07) is 0. The minimum absolute atomic E-state index is 0.0903. The quantitative estimate of drug-likeness (QED) is 0.643. The van der Waals surface area contributed by atoms with Crippen LogP contribution < -0.4 is 5.73 Å². The second-order valence-electron chi connectivity index (χ2n) is 4.21. The Morgan fingerprint density at radius 2 is 2.13 bits per heavy atom. The highest BCUT2D eigenvalue weighted by Gasteiger charge is 2.43. The maximum absolute atomic E-state index is 8.89. The fourth-order valence-corrected chi connectivity index (χ4v) is 3.43. The molecule has 0 spiro atoms. The second-order valence-corrected chi connectivity index (χ2v) is 6.85. The normalized spacial score (nSPS) is 34.0. The zero-order chi connectivity index (χ0) is 11.3. The molecule has 0 aliphatic carbocycles. The zero-order valence-electron chi connectivity index (χ0n) is 9.44. The number of rotatable bonds is 5. The van der Waals surface area contributed by atoms with Crippen molar-refractivity contribution < 1.29 is 18.4 Å². The highest BCUT2D eigenvalue weighted by atomic mass is 28.4. The SMILES string of the molecule is CC(CO)CO[Si]1(CN)OCC(C)CO1. The van der Waals surface area contributed by atoms with E-state index in [9.17, 15) is 0 Å². The van der Waals surface area contributed by atoms with Crippen LogP contribution in [0, 0.1) is 11.8 Å². The zero-order valence-corrected chi connectivity index (χ0v) is 10.4. The molecule has 1 atom stereocenters. The van der Waals surface area contributed by atoms with E-state index in [2.05, 4.69) is 6.92 Å². The maximum atomic E-state index is 8.89. The summed E-state index contributed by atoms with van der Waals surface area (Å²) in [4.78, 5) is 0. The number of hydrogen-bond acceptors (Lipinski definition) is 5. The lowest BCUT2D eigenvalue weighted by molar-refractivity contribution is -0.0120. The van der Waals surface area contributed by atoms with Gasteiger partial charge >= 0.3 is 8.80 Å². The lowest BCUT2D eigenvalue weighted by atomic mass is 10.2. The molecule has 6 heteroatoms. The van der Waals surface area contributed by atoms with E-state index < -0.39 is 8.80 Å². The Labute approximate surface area is 91.9 Å². The summed E-state index contributed by atoms with van der Waals surface area (Å²) in [7, 11) is -2.61. The molecule has 1 rings (SSSR count). The van der Waals surface area contributed by atoms with E-state index in [0.29, 0.717) is 31.9 Å². The Hall–Kier alpha value is 0.0169. The maximum Gasteiger partial charge on any atom is 0.515 e. The summed E-state index contributed by atoms with van der Waals surface area (Å²) >= 11 is 0. The number of hydrogen-bond donors (Lipinski definition) is 2. The molecule has 0 bridgehead atoms. The van der Waals surface area contributed by atoms with Crippen LogP contribution in [0.5, 0.6) is 0 Å². The first-order valence-electron chi connectivity index (χ1n) is 5.34. The van der Waals surface area contributed by atoms with E-state index in [4.69, 9.17) is 24.1 Å². The van der Waals surface area contributed by atoms with E-state index in [1.807, 2.05) is 6.92 Å². The van der Waals surface area contributed by atoms with E-state index in [1.54, 1.807) is 0 Å². The van der Waals surface area contributed by atoms with Gasteiger partial charge in [0.25, 0.3) is 0 Å². The molecule has 15 heavy (non-hydrogen) atoms. The smallest absolute Gasteiger partial charge is 0.396 e. The van der Waals surface area contributed by atoms with Gasteiger partial charge in [-0.25, -0.2) is 0 Å². The van der Waals surface area contributed by atoms with Crippen LogP contribution in [-0.2, 0) is 13.3 Å². The molecule has 0 aromatic carbocycles. The topological polar surface area (TPSA) is 73.9 Å². The Kier molecular flexibility index (Phi) is 5.17. The van der Waals surface area contributed by atoms with Crippen molar-refractivity contribution in [1.82, 2.24) is 0 Å². The Bertz CT molecular complexity index is 185. The average Bonchev–Trinajstić information content (AvgIpc) is 2.28. The first-order valence-corrected chi connectivity index (χ1v) is 7.28. The van der Waals surface area contributed by atoms with Gasteiger partial charge in [0.2, 0.25) is 0 Å². The summed E-state index contributed by atoms with van der Waals surface area (Å²) in [6.45, 7) is 5.81. The Morgan fingerprint density at radius 3 is 2.60 bits per heavy atom. The molecule has 1 aliphatic rings. The van der Waals surface area contributed by atoms with Crippen molar-refractivity contribution in [2.75, 3.05) is 32.6 Å². The summed E-state index contributed by atoms with van der Waals surface area (Å²) in [6.07, 6.45) is 0.303. The summed E-state index contributed by atoms with van der Waals surface area (Å²) in [5.41, 5.74) is 5.64. The number of nitrogens with two attached hydrogens (primary N) is 1. The summed E-state index contributed by atoms with van der Waals surface area (Å²) < 4.78 is 16.8. The molecule has 0 radical (unpaired) electrons.